The van der Waals surface area contributed by atoms with Crippen LogP contribution in [0.25, 0.3) is 0 Å². The van der Waals surface area contributed by atoms with Crippen LogP contribution in [0.15, 0.2) is 18.2 Å². The van der Waals surface area contributed by atoms with Gasteiger partial charge in [0.1, 0.15) is 6.54 Å². The molecule has 0 unspecified atom stereocenters. The van der Waals surface area contributed by atoms with Crippen molar-refractivity contribution in [1.29, 1.82) is 0 Å². The normalized spacial score (nSPS) is 9.77. The Labute approximate surface area is 150 Å². The molecule has 26 heavy (non-hydrogen) atoms. The number of hydrogen-bond donors (Lipinski definition) is 3. The van der Waals surface area contributed by atoms with Crippen molar-refractivity contribution < 1.29 is 33.4 Å². The minimum absolute atomic E-state index is 0.260. The topological polar surface area (TPSA) is 146 Å². The number of rotatable bonds is 9. The maximum absolute atomic E-state index is 12.1. The second-order valence-electron chi connectivity index (χ2n) is 4.78. The van der Waals surface area contributed by atoms with E-state index in [1.165, 1.54) is 12.1 Å². The van der Waals surface area contributed by atoms with Gasteiger partial charge in [-0.15, -0.1) is 0 Å². The van der Waals surface area contributed by atoms with Crippen LogP contribution in [-0.4, -0.2) is 50.2 Å². The van der Waals surface area contributed by atoms with E-state index in [4.69, 9.17) is 15.2 Å². The summed E-state index contributed by atoms with van der Waals surface area (Å²) in [5.74, 6) is -1.34. The molecule has 10 nitrogen and oxygen atoms in total. The van der Waals surface area contributed by atoms with Gasteiger partial charge in [0.15, 0.2) is 18.1 Å². The van der Waals surface area contributed by atoms with E-state index in [0.29, 0.717) is 24.7 Å². The molecule has 0 aliphatic carbocycles. The molecule has 0 fully saturated rings. The molecule has 1 aromatic carbocycles. The van der Waals surface area contributed by atoms with Gasteiger partial charge in [-0.1, -0.05) is 0 Å². The van der Waals surface area contributed by atoms with Crippen LogP contribution in [0.4, 0.5) is 4.79 Å². The van der Waals surface area contributed by atoms with Crippen molar-refractivity contribution >= 4 is 23.8 Å². The average molecular weight is 367 g/mol. The molecule has 4 amide bonds. The Morgan fingerprint density at radius 3 is 2.31 bits per heavy atom. The maximum Gasteiger partial charge on any atom is 0.325 e. The third-order valence-electron chi connectivity index (χ3n) is 2.83. The predicted octanol–water partition coefficient (Wildman–Crippen LogP) is -0.0481. The van der Waals surface area contributed by atoms with Crippen LogP contribution < -0.4 is 25.8 Å². The van der Waals surface area contributed by atoms with E-state index in [9.17, 15) is 19.2 Å². The Morgan fingerprint density at radius 1 is 1.04 bits per heavy atom. The van der Waals surface area contributed by atoms with Crippen molar-refractivity contribution in [2.24, 2.45) is 5.73 Å². The second-order valence-corrected chi connectivity index (χ2v) is 4.78. The number of esters is 1. The van der Waals surface area contributed by atoms with E-state index in [1.54, 1.807) is 18.3 Å². The molecule has 0 saturated heterocycles. The van der Waals surface area contributed by atoms with E-state index in [1.807, 2.05) is 6.92 Å². The van der Waals surface area contributed by atoms with Crippen LogP contribution in [0.2, 0.25) is 0 Å². The number of amides is 4. The minimum atomic E-state index is -1.06. The van der Waals surface area contributed by atoms with Gasteiger partial charge in [0.25, 0.3) is 11.8 Å². The Morgan fingerprint density at radius 2 is 1.69 bits per heavy atom. The molecule has 0 saturated carbocycles. The average Bonchev–Trinajstić information content (AvgIpc) is 2.59. The Kier molecular flexibility index (Phi) is 8.41. The minimum Gasteiger partial charge on any atom is -0.490 e. The van der Waals surface area contributed by atoms with Gasteiger partial charge in [-0.05, 0) is 32.0 Å². The summed E-state index contributed by atoms with van der Waals surface area (Å²) in [6, 6.07) is 3.56. The smallest absolute Gasteiger partial charge is 0.325 e. The molecule has 0 aliphatic heterocycles. The van der Waals surface area contributed by atoms with Gasteiger partial charge in [-0.3, -0.25) is 19.7 Å². The van der Waals surface area contributed by atoms with E-state index in [2.05, 4.69) is 10.1 Å². The molecule has 0 radical (unpaired) electrons. The van der Waals surface area contributed by atoms with Crippen LogP contribution in [0.3, 0.4) is 0 Å². The van der Waals surface area contributed by atoms with Crippen molar-refractivity contribution in [3.05, 3.63) is 23.8 Å². The summed E-state index contributed by atoms with van der Waals surface area (Å²) >= 11 is 0. The lowest BCUT2D eigenvalue weighted by molar-refractivity contribution is -0.147. The van der Waals surface area contributed by atoms with Crippen molar-refractivity contribution in [3.63, 3.8) is 0 Å². The molecule has 0 atom stereocenters. The zero-order chi connectivity index (χ0) is 19.5. The number of carbonyl (C=O) groups is 4. The van der Waals surface area contributed by atoms with Crippen molar-refractivity contribution in [3.8, 4) is 11.5 Å². The van der Waals surface area contributed by atoms with Gasteiger partial charge in [0, 0.05) is 5.56 Å². The maximum atomic E-state index is 12.1. The second kappa shape index (κ2) is 10.5. The zero-order valence-electron chi connectivity index (χ0n) is 14.5. The molecule has 0 aliphatic rings. The number of benzene rings is 1. The molecule has 0 spiro atoms. The van der Waals surface area contributed by atoms with Crippen LogP contribution in [0.5, 0.6) is 11.5 Å². The first-order chi connectivity index (χ1) is 12.4. The lowest BCUT2D eigenvalue weighted by Gasteiger charge is -2.12. The van der Waals surface area contributed by atoms with Crippen molar-refractivity contribution in [2.75, 3.05) is 26.4 Å². The third-order valence-corrected chi connectivity index (χ3v) is 2.83. The van der Waals surface area contributed by atoms with Crippen molar-refractivity contribution in [1.82, 2.24) is 10.6 Å². The number of imide groups is 1. The van der Waals surface area contributed by atoms with Gasteiger partial charge in [0.05, 0.1) is 13.2 Å². The van der Waals surface area contributed by atoms with Crippen LogP contribution in [-0.2, 0) is 14.3 Å². The summed E-state index contributed by atoms with van der Waals surface area (Å²) in [6.45, 7) is 3.32. The van der Waals surface area contributed by atoms with E-state index < -0.39 is 37.0 Å². The molecule has 1 rings (SSSR count). The molecular weight excluding hydrogens is 346 g/mol. The fraction of sp³-hybridized carbons (Fsp3) is 0.375. The number of ether oxygens (including phenoxy) is 3. The highest BCUT2D eigenvalue weighted by Gasteiger charge is 2.14. The lowest BCUT2D eigenvalue weighted by atomic mass is 10.2. The fourth-order valence-electron chi connectivity index (χ4n) is 1.82. The number of primary amides is 1. The summed E-state index contributed by atoms with van der Waals surface area (Å²) < 4.78 is 15.4. The Balaban J connectivity index is 2.56. The monoisotopic (exact) mass is 367 g/mol. The first kappa shape index (κ1) is 20.7. The van der Waals surface area contributed by atoms with Crippen LogP contribution in [0, 0.1) is 0 Å². The highest BCUT2D eigenvalue weighted by Crippen LogP contribution is 2.28. The molecule has 1 aromatic rings. The lowest BCUT2D eigenvalue weighted by Crippen LogP contribution is -2.39. The predicted molar refractivity (Wildman–Crippen MR) is 89.8 cm³/mol. The quantitative estimate of drug-likeness (QED) is 0.519. The summed E-state index contributed by atoms with van der Waals surface area (Å²) in [7, 11) is 0. The van der Waals surface area contributed by atoms with E-state index in [-0.39, 0.29) is 5.56 Å². The summed E-state index contributed by atoms with van der Waals surface area (Å²) in [5.41, 5.74) is 5.00. The van der Waals surface area contributed by atoms with Crippen molar-refractivity contribution in [2.45, 2.75) is 13.8 Å². The van der Waals surface area contributed by atoms with Crippen LogP contribution >= 0.6 is 0 Å². The fourth-order valence-corrected chi connectivity index (χ4v) is 1.82. The first-order valence-corrected chi connectivity index (χ1v) is 7.80. The molecule has 0 aromatic heterocycles. The number of carbonyl (C=O) groups excluding carboxylic acids is 4. The Bertz CT molecular complexity index is 676. The molecule has 4 N–H and O–H groups in total. The molecular formula is C16H21N3O7. The molecule has 0 bridgehead atoms. The molecule has 0 heterocycles. The Hall–Kier alpha value is -3.30. The number of urea groups is 1. The van der Waals surface area contributed by atoms with Crippen LogP contribution in [0.1, 0.15) is 24.2 Å². The van der Waals surface area contributed by atoms with E-state index >= 15 is 0 Å². The highest BCUT2D eigenvalue weighted by molar-refractivity contribution is 5.97. The van der Waals surface area contributed by atoms with Gasteiger partial charge in [0.2, 0.25) is 0 Å². The largest absolute Gasteiger partial charge is 0.490 e. The standard InChI is InChI=1S/C16H21N3O7/c1-3-24-11-6-5-10(7-12(11)25-4-2)15(22)18-8-14(21)26-9-13(20)19-16(17)23/h5-7H,3-4,8-9H2,1-2H3,(H,18,22)(H3,17,19,20,23). The van der Waals surface area contributed by atoms with Gasteiger partial charge >= 0.3 is 12.0 Å². The summed E-state index contributed by atoms with van der Waals surface area (Å²) in [5, 5.41) is 4.08. The first-order valence-electron chi connectivity index (χ1n) is 7.80. The molecule has 142 valence electrons. The van der Waals surface area contributed by atoms with Gasteiger partial charge < -0.3 is 25.3 Å². The highest BCUT2D eigenvalue weighted by atomic mass is 16.5. The number of nitrogens with two attached hydrogens (primary N) is 1. The van der Waals surface area contributed by atoms with Gasteiger partial charge in [-0.25, -0.2) is 4.79 Å². The molecule has 10 heteroatoms. The third kappa shape index (κ3) is 7.07. The summed E-state index contributed by atoms with van der Waals surface area (Å²) in [4.78, 5) is 45.1. The zero-order valence-corrected chi connectivity index (χ0v) is 14.5. The summed E-state index contributed by atoms with van der Waals surface area (Å²) in [6.07, 6.45) is 0. The number of nitrogens with one attached hydrogen (secondary N) is 2. The van der Waals surface area contributed by atoms with E-state index in [0.717, 1.165) is 0 Å². The number of hydrogen-bond acceptors (Lipinski definition) is 7. The van der Waals surface area contributed by atoms with Gasteiger partial charge in [-0.2, -0.15) is 0 Å². The SMILES string of the molecule is CCOc1ccc(C(=O)NCC(=O)OCC(=O)NC(N)=O)cc1OCC.